The van der Waals surface area contributed by atoms with Gasteiger partial charge in [0.2, 0.25) is 0 Å². The topological polar surface area (TPSA) is 24.5 Å². The van der Waals surface area contributed by atoms with Crippen LogP contribution in [0.3, 0.4) is 0 Å². The molecular weight excluding hydrogens is 200 g/mol. The Bertz CT molecular complexity index is 170. The monoisotopic (exact) mass is 226 g/mol. The highest BCUT2D eigenvalue weighted by Gasteiger charge is 2.21. The van der Waals surface area contributed by atoms with Crippen molar-refractivity contribution in [1.29, 1.82) is 0 Å². The summed E-state index contributed by atoms with van der Waals surface area (Å²) in [6.45, 7) is 6.45. The van der Waals surface area contributed by atoms with Crippen molar-refractivity contribution in [3.63, 3.8) is 0 Å². The maximum absolute atomic E-state index is 5.62. The molecule has 2 saturated carbocycles. The Morgan fingerprint density at radius 1 is 1.12 bits per heavy atom. The second-order valence-electron chi connectivity index (χ2n) is 5.47. The number of nitrogens with zero attached hydrogens (tertiary/aromatic N) is 1. The van der Waals surface area contributed by atoms with Crippen molar-refractivity contribution in [2.75, 3.05) is 46.4 Å². The Labute approximate surface area is 99.5 Å². The van der Waals surface area contributed by atoms with Gasteiger partial charge in [-0.25, -0.2) is 0 Å². The predicted octanol–water partition coefficient (Wildman–Crippen LogP) is 1.34. The average Bonchev–Trinajstić information content (AvgIpc) is 3.14. The summed E-state index contributed by atoms with van der Waals surface area (Å²) < 4.78 is 5.62. The molecule has 0 bridgehead atoms. The fraction of sp³-hybridized carbons (Fsp3) is 1.00. The molecule has 0 aromatic heterocycles. The van der Waals surface area contributed by atoms with Crippen LogP contribution in [0.4, 0.5) is 0 Å². The smallest absolute Gasteiger partial charge is 0.0593 e. The van der Waals surface area contributed by atoms with Crippen LogP contribution >= 0.6 is 0 Å². The van der Waals surface area contributed by atoms with Gasteiger partial charge in [-0.3, -0.25) is 0 Å². The van der Waals surface area contributed by atoms with Gasteiger partial charge in [0.25, 0.3) is 0 Å². The van der Waals surface area contributed by atoms with Crippen molar-refractivity contribution < 1.29 is 4.74 Å². The molecule has 0 aromatic carbocycles. The molecule has 0 spiro atoms. The van der Waals surface area contributed by atoms with Crippen LogP contribution in [-0.2, 0) is 4.74 Å². The van der Waals surface area contributed by atoms with E-state index in [1.165, 1.54) is 32.2 Å². The first kappa shape index (κ1) is 12.3. The van der Waals surface area contributed by atoms with Gasteiger partial charge in [-0.15, -0.1) is 0 Å². The van der Waals surface area contributed by atoms with Gasteiger partial charge in [0.1, 0.15) is 0 Å². The summed E-state index contributed by atoms with van der Waals surface area (Å²) >= 11 is 0. The van der Waals surface area contributed by atoms with Crippen LogP contribution in [-0.4, -0.2) is 51.3 Å². The SMILES string of the molecule is CN(CCNCC1CC1)CCOCC1CC1. The molecule has 3 heteroatoms. The Morgan fingerprint density at radius 3 is 2.56 bits per heavy atom. The van der Waals surface area contributed by atoms with Gasteiger partial charge < -0.3 is 15.0 Å². The minimum Gasteiger partial charge on any atom is -0.380 e. The molecule has 2 rings (SSSR count). The highest BCUT2D eigenvalue weighted by molar-refractivity contribution is 4.75. The van der Waals surface area contributed by atoms with Crippen molar-refractivity contribution in [3.05, 3.63) is 0 Å². The number of hydrogen-bond acceptors (Lipinski definition) is 3. The van der Waals surface area contributed by atoms with Crippen LogP contribution in [0.1, 0.15) is 25.7 Å². The molecule has 94 valence electrons. The molecular formula is C13H26N2O. The van der Waals surface area contributed by atoms with Gasteiger partial charge in [-0.05, 0) is 51.1 Å². The first-order chi connectivity index (χ1) is 7.84. The summed E-state index contributed by atoms with van der Waals surface area (Å²) in [4.78, 5) is 2.35. The van der Waals surface area contributed by atoms with Crippen LogP contribution < -0.4 is 5.32 Å². The molecule has 0 radical (unpaired) electrons. The van der Waals surface area contributed by atoms with Gasteiger partial charge in [0.05, 0.1) is 6.61 Å². The molecule has 0 unspecified atom stereocenters. The number of ether oxygens (including phenoxy) is 1. The predicted molar refractivity (Wildman–Crippen MR) is 66.6 cm³/mol. The lowest BCUT2D eigenvalue weighted by molar-refractivity contribution is 0.104. The molecule has 3 nitrogen and oxygen atoms in total. The lowest BCUT2D eigenvalue weighted by atomic mass is 10.4. The molecule has 0 aliphatic heterocycles. The van der Waals surface area contributed by atoms with E-state index in [0.717, 1.165) is 44.7 Å². The van der Waals surface area contributed by atoms with Crippen LogP contribution in [0.2, 0.25) is 0 Å². The molecule has 2 aliphatic carbocycles. The summed E-state index contributed by atoms with van der Waals surface area (Å²) in [5.74, 6) is 1.89. The first-order valence-electron chi connectivity index (χ1n) is 6.81. The maximum atomic E-state index is 5.62. The van der Waals surface area contributed by atoms with E-state index in [4.69, 9.17) is 4.74 Å². The van der Waals surface area contributed by atoms with E-state index in [1.54, 1.807) is 0 Å². The van der Waals surface area contributed by atoms with Crippen LogP contribution in [0.5, 0.6) is 0 Å². The summed E-state index contributed by atoms with van der Waals surface area (Å²) in [5, 5.41) is 3.51. The van der Waals surface area contributed by atoms with E-state index in [1.807, 2.05) is 0 Å². The van der Waals surface area contributed by atoms with Crippen molar-refractivity contribution in [1.82, 2.24) is 10.2 Å². The van der Waals surface area contributed by atoms with Gasteiger partial charge in [0.15, 0.2) is 0 Å². The Morgan fingerprint density at radius 2 is 1.88 bits per heavy atom. The van der Waals surface area contributed by atoms with E-state index in [0.29, 0.717) is 0 Å². The Kier molecular flexibility index (Phi) is 5.07. The van der Waals surface area contributed by atoms with E-state index in [2.05, 4.69) is 17.3 Å². The maximum Gasteiger partial charge on any atom is 0.0593 e. The van der Waals surface area contributed by atoms with Crippen molar-refractivity contribution >= 4 is 0 Å². The lowest BCUT2D eigenvalue weighted by Crippen LogP contribution is -2.32. The van der Waals surface area contributed by atoms with Crippen LogP contribution in [0, 0.1) is 11.8 Å². The highest BCUT2D eigenvalue weighted by atomic mass is 16.5. The Balaban J connectivity index is 1.33. The fourth-order valence-corrected chi connectivity index (χ4v) is 1.76. The zero-order chi connectivity index (χ0) is 11.2. The second kappa shape index (κ2) is 6.58. The molecule has 0 amide bonds. The minimum atomic E-state index is 0.894. The van der Waals surface area contributed by atoms with E-state index in [-0.39, 0.29) is 0 Å². The third kappa shape index (κ3) is 5.83. The summed E-state index contributed by atoms with van der Waals surface area (Å²) in [5.41, 5.74) is 0. The van der Waals surface area contributed by atoms with Crippen LogP contribution in [0.25, 0.3) is 0 Å². The first-order valence-corrected chi connectivity index (χ1v) is 6.81. The largest absolute Gasteiger partial charge is 0.380 e. The van der Waals surface area contributed by atoms with Gasteiger partial charge in [-0.2, -0.15) is 0 Å². The molecule has 0 atom stereocenters. The van der Waals surface area contributed by atoms with Gasteiger partial charge in [-0.1, -0.05) is 0 Å². The van der Waals surface area contributed by atoms with Gasteiger partial charge in [0, 0.05) is 26.2 Å². The number of rotatable bonds is 10. The number of hydrogen-bond donors (Lipinski definition) is 1. The average molecular weight is 226 g/mol. The third-order valence-electron chi connectivity index (χ3n) is 3.47. The van der Waals surface area contributed by atoms with Crippen molar-refractivity contribution in [2.24, 2.45) is 11.8 Å². The minimum absolute atomic E-state index is 0.894. The summed E-state index contributed by atoms with van der Waals surface area (Å²) in [6.07, 6.45) is 5.66. The number of nitrogens with one attached hydrogen (secondary N) is 1. The third-order valence-corrected chi connectivity index (χ3v) is 3.47. The van der Waals surface area contributed by atoms with Crippen LogP contribution in [0.15, 0.2) is 0 Å². The van der Waals surface area contributed by atoms with Crippen molar-refractivity contribution in [2.45, 2.75) is 25.7 Å². The fourth-order valence-electron chi connectivity index (χ4n) is 1.76. The summed E-state index contributed by atoms with van der Waals surface area (Å²) in [7, 11) is 2.18. The van der Waals surface area contributed by atoms with Crippen molar-refractivity contribution in [3.8, 4) is 0 Å². The molecule has 2 aliphatic rings. The van der Waals surface area contributed by atoms with E-state index >= 15 is 0 Å². The Hall–Kier alpha value is -0.120. The molecule has 0 saturated heterocycles. The van der Waals surface area contributed by atoms with E-state index < -0.39 is 0 Å². The molecule has 0 aromatic rings. The lowest BCUT2D eigenvalue weighted by Gasteiger charge is -2.16. The standard InChI is InChI=1S/C13H26N2O/c1-15(7-6-14-10-12-2-3-12)8-9-16-11-13-4-5-13/h12-14H,2-11H2,1H3. The second-order valence-corrected chi connectivity index (χ2v) is 5.47. The van der Waals surface area contributed by atoms with E-state index in [9.17, 15) is 0 Å². The quantitative estimate of drug-likeness (QED) is 0.569. The number of likely N-dealkylation sites (N-methyl/N-ethyl adjacent to an activating group) is 1. The highest BCUT2D eigenvalue weighted by Crippen LogP contribution is 2.28. The zero-order valence-corrected chi connectivity index (χ0v) is 10.6. The van der Waals surface area contributed by atoms with Gasteiger partial charge >= 0.3 is 0 Å². The summed E-state index contributed by atoms with van der Waals surface area (Å²) in [6, 6.07) is 0. The molecule has 16 heavy (non-hydrogen) atoms. The molecule has 0 heterocycles. The normalized spacial score (nSPS) is 20.6. The molecule has 1 N–H and O–H groups in total. The molecule has 2 fully saturated rings. The zero-order valence-electron chi connectivity index (χ0n) is 10.6.